The molecule has 0 spiro atoms. The van der Waals surface area contributed by atoms with Crippen molar-refractivity contribution in [3.05, 3.63) is 54.1 Å². The predicted octanol–water partition coefficient (Wildman–Crippen LogP) is 1.53. The van der Waals surface area contributed by atoms with E-state index in [-0.39, 0.29) is 29.5 Å². The van der Waals surface area contributed by atoms with Crippen molar-refractivity contribution in [2.45, 2.75) is 6.92 Å². The zero-order valence-electron chi connectivity index (χ0n) is 14.7. The summed E-state index contributed by atoms with van der Waals surface area (Å²) in [5.41, 5.74) is 3.85. The molecule has 0 aromatic heterocycles. The Balaban J connectivity index is 1.88. The van der Waals surface area contributed by atoms with Gasteiger partial charge in [-0.2, -0.15) is 0 Å². The lowest BCUT2D eigenvalue weighted by molar-refractivity contribution is -0.875. The number of quaternary nitrogens is 1. The molecule has 0 saturated carbocycles. The van der Waals surface area contributed by atoms with Gasteiger partial charge >= 0.3 is 19.1 Å². The summed E-state index contributed by atoms with van der Waals surface area (Å²) in [5, 5.41) is 0. The molecule has 0 radical (unpaired) electrons. The van der Waals surface area contributed by atoms with Crippen molar-refractivity contribution in [3.63, 3.8) is 0 Å². The minimum atomic E-state index is -1.01. The largest absolute Gasteiger partial charge is 0.636 e. The molecule has 128 valence electrons. The van der Waals surface area contributed by atoms with Crippen molar-refractivity contribution in [2.24, 2.45) is 0 Å². The van der Waals surface area contributed by atoms with E-state index in [9.17, 15) is 9.59 Å². The summed E-state index contributed by atoms with van der Waals surface area (Å²) >= 11 is 0. The molecule has 2 aromatic rings. The van der Waals surface area contributed by atoms with Crippen molar-refractivity contribution >= 4 is 24.5 Å². The highest BCUT2D eigenvalue weighted by Gasteiger charge is 2.38. The number of carbonyl (C=O) groups is 2. The van der Waals surface area contributed by atoms with Gasteiger partial charge in [-0.1, -0.05) is 54.1 Å². The van der Waals surface area contributed by atoms with Crippen LogP contribution in [0.3, 0.4) is 0 Å². The molecule has 2 aromatic carbocycles. The van der Waals surface area contributed by atoms with Gasteiger partial charge in [0, 0.05) is 5.46 Å². The Morgan fingerprint density at radius 2 is 1.48 bits per heavy atom. The van der Waals surface area contributed by atoms with Gasteiger partial charge in [0.05, 0.1) is 14.1 Å². The molecule has 1 heterocycles. The summed E-state index contributed by atoms with van der Waals surface area (Å²) < 4.78 is 11.0. The van der Waals surface area contributed by atoms with Crippen molar-refractivity contribution in [1.82, 2.24) is 0 Å². The third-order valence-corrected chi connectivity index (χ3v) is 4.13. The maximum atomic E-state index is 12.1. The lowest BCUT2D eigenvalue weighted by Gasteiger charge is -2.30. The second-order valence-corrected chi connectivity index (χ2v) is 7.06. The molecule has 5 nitrogen and oxygen atoms in total. The molecule has 0 aliphatic carbocycles. The molecule has 0 amide bonds. The topological polar surface area (TPSA) is 52.6 Å². The Bertz CT molecular complexity index is 779. The average molecular weight is 338 g/mol. The molecular formula is C19H21BNO4+. The van der Waals surface area contributed by atoms with E-state index in [4.69, 9.17) is 9.31 Å². The van der Waals surface area contributed by atoms with E-state index in [0.717, 1.165) is 11.1 Å². The van der Waals surface area contributed by atoms with Gasteiger partial charge in [-0.3, -0.25) is 0 Å². The van der Waals surface area contributed by atoms with Crippen LogP contribution in [-0.4, -0.2) is 50.7 Å². The van der Waals surface area contributed by atoms with Crippen LogP contribution in [0.25, 0.3) is 11.1 Å². The number of rotatable bonds is 2. The van der Waals surface area contributed by atoms with Crippen LogP contribution in [0.5, 0.6) is 0 Å². The van der Waals surface area contributed by atoms with E-state index in [0.29, 0.717) is 5.46 Å². The number of aryl methyl sites for hydroxylation is 1. The first kappa shape index (κ1) is 17.2. The normalized spacial score (nSPS) is 17.3. The van der Waals surface area contributed by atoms with Crippen molar-refractivity contribution < 1.29 is 23.4 Å². The lowest BCUT2D eigenvalue weighted by Crippen LogP contribution is -2.54. The molecule has 3 rings (SSSR count). The molecule has 1 aliphatic heterocycles. The molecule has 1 saturated heterocycles. The van der Waals surface area contributed by atoms with Gasteiger partial charge in [0.15, 0.2) is 13.1 Å². The summed E-state index contributed by atoms with van der Waals surface area (Å²) in [6, 6.07) is 15.7. The minimum absolute atomic E-state index is 0.128. The number of carbonyl (C=O) groups excluding carboxylic acids is 2. The van der Waals surface area contributed by atoms with Crippen molar-refractivity contribution in [3.8, 4) is 11.1 Å². The lowest BCUT2D eigenvalue weighted by atomic mass is 9.77. The molecule has 1 aliphatic rings. The van der Waals surface area contributed by atoms with E-state index in [2.05, 4.69) is 0 Å². The van der Waals surface area contributed by atoms with Crippen LogP contribution in [-0.2, 0) is 18.9 Å². The summed E-state index contributed by atoms with van der Waals surface area (Å²) in [6.07, 6.45) is 0. The van der Waals surface area contributed by atoms with Crippen LogP contribution in [0.4, 0.5) is 0 Å². The standard InChI is InChI=1S/C19H21BNO4/c1-14-7-9-15(10-8-14)16-5-4-6-17(11-16)20-24-18(22)12-21(2,3)13-19(23)25-20/h4-11H,12-13H2,1-3H3/q+1. The van der Waals surface area contributed by atoms with Crippen LogP contribution in [0.15, 0.2) is 48.5 Å². The van der Waals surface area contributed by atoms with E-state index in [1.54, 1.807) is 20.2 Å². The predicted molar refractivity (Wildman–Crippen MR) is 96.0 cm³/mol. The smallest absolute Gasteiger partial charge is 0.491 e. The molecular weight excluding hydrogens is 317 g/mol. The highest BCUT2D eigenvalue weighted by molar-refractivity contribution is 6.64. The molecule has 0 atom stereocenters. The second kappa shape index (κ2) is 6.72. The van der Waals surface area contributed by atoms with Gasteiger partial charge in [0.1, 0.15) is 0 Å². The van der Waals surface area contributed by atoms with Crippen LogP contribution in [0, 0.1) is 6.92 Å². The SMILES string of the molecule is Cc1ccc(-c2cccc(B3OC(=O)C[N+](C)(C)CC(=O)O3)c2)cc1. The number of nitrogens with zero attached hydrogens (tertiary/aromatic N) is 1. The summed E-state index contributed by atoms with van der Waals surface area (Å²) in [6.45, 7) is 2.29. The Hall–Kier alpha value is -2.60. The molecule has 25 heavy (non-hydrogen) atoms. The third kappa shape index (κ3) is 4.28. The first-order valence-corrected chi connectivity index (χ1v) is 8.20. The maximum absolute atomic E-state index is 12.1. The monoisotopic (exact) mass is 338 g/mol. The number of benzene rings is 2. The van der Waals surface area contributed by atoms with Gasteiger partial charge in [-0.25, -0.2) is 9.59 Å². The summed E-state index contributed by atoms with van der Waals surface area (Å²) in [7, 11) is 2.58. The van der Waals surface area contributed by atoms with Crippen LogP contribution < -0.4 is 5.46 Å². The Morgan fingerprint density at radius 3 is 2.08 bits per heavy atom. The average Bonchev–Trinajstić information content (AvgIpc) is 2.52. The zero-order valence-corrected chi connectivity index (χ0v) is 14.7. The maximum Gasteiger partial charge on any atom is 0.636 e. The van der Waals surface area contributed by atoms with Crippen LogP contribution >= 0.6 is 0 Å². The van der Waals surface area contributed by atoms with Crippen LogP contribution in [0.2, 0.25) is 0 Å². The van der Waals surface area contributed by atoms with Gasteiger partial charge in [-0.05, 0) is 18.1 Å². The Kier molecular flexibility index (Phi) is 4.64. The van der Waals surface area contributed by atoms with E-state index in [1.165, 1.54) is 5.56 Å². The Morgan fingerprint density at radius 1 is 0.880 bits per heavy atom. The van der Waals surface area contributed by atoms with E-state index >= 15 is 0 Å². The van der Waals surface area contributed by atoms with Gasteiger partial charge < -0.3 is 13.8 Å². The second-order valence-electron chi connectivity index (χ2n) is 7.06. The number of likely N-dealkylation sites (N-methyl/N-ethyl adjacent to an activating group) is 1. The number of hydrogen-bond acceptors (Lipinski definition) is 4. The van der Waals surface area contributed by atoms with Gasteiger partial charge in [-0.15, -0.1) is 0 Å². The minimum Gasteiger partial charge on any atom is -0.491 e. The molecule has 0 bridgehead atoms. The van der Waals surface area contributed by atoms with E-state index in [1.807, 2.05) is 49.4 Å². The van der Waals surface area contributed by atoms with Crippen LogP contribution in [0.1, 0.15) is 5.56 Å². The molecule has 0 N–H and O–H groups in total. The fourth-order valence-electron chi connectivity index (χ4n) is 2.84. The fraction of sp³-hybridized carbons (Fsp3) is 0.263. The summed E-state index contributed by atoms with van der Waals surface area (Å²) in [5.74, 6) is -0.772. The number of hydrogen-bond donors (Lipinski definition) is 0. The zero-order chi connectivity index (χ0) is 18.0. The van der Waals surface area contributed by atoms with Crippen molar-refractivity contribution in [1.29, 1.82) is 0 Å². The third-order valence-electron chi connectivity index (χ3n) is 4.13. The fourth-order valence-corrected chi connectivity index (χ4v) is 2.84. The van der Waals surface area contributed by atoms with E-state index < -0.39 is 7.12 Å². The first-order valence-electron chi connectivity index (χ1n) is 8.20. The summed E-state index contributed by atoms with van der Waals surface area (Å²) in [4.78, 5) is 24.2. The molecule has 1 fully saturated rings. The first-order chi connectivity index (χ1) is 11.8. The molecule has 0 unspecified atom stereocenters. The Labute approximate surface area is 147 Å². The quantitative estimate of drug-likeness (QED) is 0.616. The molecule has 6 heteroatoms. The van der Waals surface area contributed by atoms with Gasteiger partial charge in [0.2, 0.25) is 0 Å². The van der Waals surface area contributed by atoms with Gasteiger partial charge in [0.25, 0.3) is 0 Å². The highest BCUT2D eigenvalue weighted by Crippen LogP contribution is 2.19. The van der Waals surface area contributed by atoms with Crippen molar-refractivity contribution in [2.75, 3.05) is 27.2 Å². The highest BCUT2D eigenvalue weighted by atomic mass is 16.6.